The van der Waals surface area contributed by atoms with Crippen LogP contribution in [0, 0.1) is 50.4 Å². The number of hydrogen-bond donors (Lipinski definition) is 7. The molecule has 6 aromatic rings. The lowest BCUT2D eigenvalue weighted by Crippen LogP contribution is -2.43. The molecule has 6 aliphatic rings. The van der Waals surface area contributed by atoms with Gasteiger partial charge in [0.1, 0.15) is 0 Å². The van der Waals surface area contributed by atoms with E-state index in [1.165, 1.54) is 24.3 Å². The van der Waals surface area contributed by atoms with Crippen molar-refractivity contribution in [2.24, 2.45) is 22.7 Å². The van der Waals surface area contributed by atoms with Crippen LogP contribution in [0.25, 0.3) is 0 Å². The maximum Gasteiger partial charge on any atom is 0.454 e. The van der Waals surface area contributed by atoms with Crippen molar-refractivity contribution in [1.82, 2.24) is 0 Å². The number of rotatable bonds is 11. The summed E-state index contributed by atoms with van der Waals surface area (Å²) in [6.07, 6.45) is -9.74. The number of para-hydroxylation sites is 2. The number of alkyl halides is 12. The highest BCUT2D eigenvalue weighted by Gasteiger charge is 2.54. The van der Waals surface area contributed by atoms with Gasteiger partial charge in [-0.05, 0) is 213 Å². The molecule has 2 aliphatic heterocycles. The number of hydrogen-bond acceptors (Lipinski definition) is 9. The number of aryl methyl sites for hydroxylation is 4. The molecule has 4 saturated carbocycles. The second-order valence-electron chi connectivity index (χ2n) is 27.1. The molecule has 0 radical (unpaired) electrons. The van der Waals surface area contributed by atoms with E-state index in [0.29, 0.717) is 21.9 Å². The van der Waals surface area contributed by atoms with Gasteiger partial charge in [0.25, 0.3) is 0 Å². The lowest BCUT2D eigenvalue weighted by Gasteiger charge is -2.32. The Morgan fingerprint density at radius 1 is 0.490 bits per heavy atom. The molecule has 0 spiro atoms. The summed E-state index contributed by atoms with van der Waals surface area (Å²) < 4.78 is 151. The second-order valence-corrected chi connectivity index (χ2v) is 28.0. The lowest BCUT2D eigenvalue weighted by atomic mass is 9.75. The zero-order valence-corrected chi connectivity index (χ0v) is 57.5. The van der Waals surface area contributed by atoms with Crippen molar-refractivity contribution < 1.29 is 87.0 Å². The number of nitrogens with two attached hydrogens (primary N) is 3. The van der Waals surface area contributed by atoms with Crippen LogP contribution >= 0.6 is 15.9 Å². The van der Waals surface area contributed by atoms with Gasteiger partial charge in [-0.25, -0.2) is 0 Å². The molecule has 104 heavy (non-hydrogen) atoms. The zero-order chi connectivity index (χ0) is 73.8. The first-order valence-electron chi connectivity index (χ1n) is 32.3. The SMILES string of the molecule is C.C.C.C.C.Cc1cccc(C)c1N1C[C@](C(=O)Nc2cc(C3CC3)cc(C(F)(F)F)c2)(C(C)C)CC1=O.Cc1cccc(C)c1N1C[C@](C(=O)O)(C(C)C)CC1=O.Nc1cc(Br)cc(C(F)(F)F)c1.Nc1cc(C2CC2)cc(C(F)(F)F)c1.Nc1cc(C2CC2)cc(C(F)(F)F)c1.OB(O)C1CC1. The van der Waals surface area contributed by atoms with Crippen LogP contribution in [0.4, 0.5) is 86.8 Å². The highest BCUT2D eigenvalue weighted by Crippen LogP contribution is 2.49. The van der Waals surface area contributed by atoms with Crippen LogP contribution in [-0.4, -0.2) is 59.1 Å². The fourth-order valence-corrected chi connectivity index (χ4v) is 12.5. The van der Waals surface area contributed by atoms with Gasteiger partial charge in [0.2, 0.25) is 17.7 Å². The van der Waals surface area contributed by atoms with Gasteiger partial charge < -0.3 is 47.5 Å². The van der Waals surface area contributed by atoms with E-state index in [2.05, 4.69) is 21.2 Å². The molecule has 0 aromatic heterocycles. The van der Waals surface area contributed by atoms with E-state index >= 15 is 0 Å². The van der Waals surface area contributed by atoms with Crippen molar-refractivity contribution in [3.63, 3.8) is 0 Å². The van der Waals surface area contributed by atoms with E-state index < -0.39 is 76.8 Å². The van der Waals surface area contributed by atoms with E-state index in [0.717, 1.165) is 126 Å². The van der Waals surface area contributed by atoms with Crippen molar-refractivity contribution in [3.8, 4) is 0 Å². The van der Waals surface area contributed by atoms with E-state index in [1.54, 1.807) is 28.0 Å². The molecule has 2 atom stereocenters. The summed E-state index contributed by atoms with van der Waals surface area (Å²) in [7, 11) is -1.04. The minimum Gasteiger partial charge on any atom is -0.481 e. The second kappa shape index (κ2) is 36.5. The molecule has 0 bridgehead atoms. The smallest absolute Gasteiger partial charge is 0.454 e. The summed E-state index contributed by atoms with van der Waals surface area (Å²) >= 11 is 2.93. The molecule has 13 nitrogen and oxygen atoms in total. The third-order valence-corrected chi connectivity index (χ3v) is 19.0. The summed E-state index contributed by atoms with van der Waals surface area (Å²) in [5.41, 5.74) is 19.5. The summed E-state index contributed by atoms with van der Waals surface area (Å²) in [6, 6.07) is 26.3. The van der Waals surface area contributed by atoms with Crippen LogP contribution in [0.3, 0.4) is 0 Å². The van der Waals surface area contributed by atoms with E-state index in [4.69, 9.17) is 27.2 Å². The first kappa shape index (κ1) is 92.3. The normalized spacial score (nSPS) is 18.2. The van der Waals surface area contributed by atoms with Crippen molar-refractivity contribution in [1.29, 1.82) is 0 Å². The van der Waals surface area contributed by atoms with E-state index in [-0.39, 0.29) is 121 Å². The molecule has 2 saturated heterocycles. The molecule has 2 heterocycles. The van der Waals surface area contributed by atoms with Gasteiger partial charge in [0.15, 0.2) is 0 Å². The van der Waals surface area contributed by atoms with Crippen LogP contribution in [-0.2, 0) is 43.9 Å². The number of carbonyl (C=O) groups excluding carboxylic acids is 3. The largest absolute Gasteiger partial charge is 0.481 e. The number of carbonyl (C=O) groups is 4. The van der Waals surface area contributed by atoms with E-state index in [9.17, 15) is 77.0 Å². The molecular weight excluding hydrogens is 1440 g/mol. The predicted molar refractivity (Wildman–Crippen MR) is 396 cm³/mol. The number of aliphatic carboxylic acids is 1. The summed E-state index contributed by atoms with van der Waals surface area (Å²) in [5, 5.41) is 28.8. The Labute approximate surface area is 613 Å². The molecule has 10 N–H and O–H groups in total. The minimum atomic E-state index is -4.50. The number of carboxylic acid groups (broad SMARTS) is 1. The maximum atomic E-state index is 13.6. The third kappa shape index (κ3) is 24.1. The van der Waals surface area contributed by atoms with Crippen LogP contribution in [0.2, 0.25) is 5.82 Å². The lowest BCUT2D eigenvalue weighted by molar-refractivity contribution is -0.151. The molecular formula is C77H102BBrF12N6O7. The summed E-state index contributed by atoms with van der Waals surface area (Å²) in [6.45, 7) is 15.7. The first-order valence-corrected chi connectivity index (χ1v) is 33.1. The van der Waals surface area contributed by atoms with Gasteiger partial charge in [0, 0.05) is 64.5 Å². The molecule has 6 fully saturated rings. The van der Waals surface area contributed by atoms with Gasteiger partial charge >= 0.3 is 37.8 Å². The minimum absolute atomic E-state index is 0. The average molecular weight is 1540 g/mol. The fraction of sp³-hybridized carbons (Fsp3) is 0.481. The Morgan fingerprint density at radius 2 is 0.798 bits per heavy atom. The highest BCUT2D eigenvalue weighted by molar-refractivity contribution is 9.10. The van der Waals surface area contributed by atoms with Crippen molar-refractivity contribution in [3.05, 3.63) is 175 Å². The number of carboxylic acids is 1. The standard InChI is InChI=1S/C26H29F3N2O2.C16H21NO3.2C10H10F3N.C7H5BrF3N.C3H7BO2.5CH4/c1-15(2)25(13-22(32)31(14-25)23-16(3)6-5-7-17(23)4)24(33)30-21-11-19(18-8-9-18)10-20(12-21)26(27,28)29;1-10(2)16(15(19)20)8-13(18)17(9-16)14-11(3)6-5-7-12(14)4;2*11-10(12,13)8-3-7(6-1-2-6)4-9(14)5-8;8-5-1-4(7(9,10)11)2-6(12)3-5;5-4(6)3-1-2-3;;;;;/h5-7,10-12,15,18H,8-9,13-14H2,1-4H3,(H,30,33);5-7,10H,8-9H2,1-4H3,(H,19,20);2*3-6H,1-2,14H2;1-3H,12H2;3,5-6H,1-2H2;5*1H4/t25-;16-;;;;;;;;;/m00........./s1. The van der Waals surface area contributed by atoms with Crippen LogP contribution < -0.4 is 32.3 Å². The number of benzene rings is 6. The van der Waals surface area contributed by atoms with Crippen LogP contribution in [0.15, 0.2) is 114 Å². The predicted octanol–water partition coefficient (Wildman–Crippen LogP) is 21.2. The fourth-order valence-electron chi connectivity index (χ4n) is 12.0. The van der Waals surface area contributed by atoms with E-state index in [1.807, 2.05) is 91.8 Å². The Kier molecular flexibility index (Phi) is 32.4. The number of halogens is 13. The third-order valence-electron chi connectivity index (χ3n) is 18.5. The molecule has 576 valence electrons. The number of amides is 3. The van der Waals surface area contributed by atoms with Gasteiger partial charge in [-0.15, -0.1) is 0 Å². The van der Waals surface area contributed by atoms with Gasteiger partial charge in [-0.2, -0.15) is 52.7 Å². The maximum absolute atomic E-state index is 13.6. The number of anilines is 6. The topological polar surface area (TPSA) is 226 Å². The molecule has 3 amide bonds. The Morgan fingerprint density at radius 3 is 1.08 bits per heavy atom. The first-order chi connectivity index (χ1) is 45.8. The van der Waals surface area contributed by atoms with Crippen LogP contribution in [0.5, 0.6) is 0 Å². The Hall–Kier alpha value is -7.78. The number of nitrogens with zero attached hydrogens (tertiary/aromatic N) is 2. The van der Waals surface area contributed by atoms with Crippen molar-refractivity contribution >= 4 is 80.9 Å². The Bertz CT molecular complexity index is 3780. The average Bonchev–Trinajstić information content (AvgIpc) is 1.62. The van der Waals surface area contributed by atoms with Crippen molar-refractivity contribution in [2.45, 2.75) is 205 Å². The molecule has 12 rings (SSSR count). The molecule has 27 heteroatoms. The summed E-state index contributed by atoms with van der Waals surface area (Å²) in [4.78, 5) is 54.0. The highest BCUT2D eigenvalue weighted by atomic mass is 79.9. The number of nitrogens with one attached hydrogen (secondary N) is 1. The summed E-state index contributed by atoms with van der Waals surface area (Å²) in [5.74, 6) is -0.922. The monoisotopic (exact) mass is 1540 g/mol. The van der Waals surface area contributed by atoms with Gasteiger partial charge in [0.05, 0.1) is 33.1 Å². The van der Waals surface area contributed by atoms with Gasteiger partial charge in [-0.1, -0.05) is 130 Å². The molecule has 0 unspecified atom stereocenters. The quantitative estimate of drug-likeness (QED) is 0.0369. The van der Waals surface area contributed by atoms with Crippen molar-refractivity contribution in [2.75, 3.05) is 45.4 Å². The van der Waals surface area contributed by atoms with Crippen LogP contribution in [0.1, 0.15) is 208 Å². The van der Waals surface area contributed by atoms with Gasteiger partial charge in [-0.3, -0.25) is 19.2 Å². The Balaban J connectivity index is 0.000000449. The number of nitrogen functional groups attached to an aromatic ring is 3. The zero-order valence-electron chi connectivity index (χ0n) is 55.9. The molecule has 4 aliphatic carbocycles. The molecule has 6 aromatic carbocycles.